The Balaban J connectivity index is 2.16. The minimum absolute atomic E-state index is 0.309. The second-order valence-electron chi connectivity index (χ2n) is 5.37. The van der Waals surface area contributed by atoms with Crippen molar-refractivity contribution in [2.24, 2.45) is 7.05 Å². The fourth-order valence-electron chi connectivity index (χ4n) is 2.44. The molecule has 1 aromatic carbocycles. The fraction of sp³-hybridized carbons (Fsp3) is 0.250. The number of hydrogen-bond acceptors (Lipinski definition) is 3. The molecule has 0 fully saturated rings. The summed E-state index contributed by atoms with van der Waals surface area (Å²) in [4.78, 5) is 8.97. The minimum Gasteiger partial charge on any atom is -0.383 e. The molecule has 0 aliphatic carbocycles. The summed E-state index contributed by atoms with van der Waals surface area (Å²) in [6.45, 7) is 4.23. The first kappa shape index (κ1) is 13.4. The summed E-state index contributed by atoms with van der Waals surface area (Å²) in [6.07, 6.45) is 3.63. The van der Waals surface area contributed by atoms with Gasteiger partial charge in [-0.25, -0.2) is 9.97 Å². The Labute approximate surface area is 124 Å². The van der Waals surface area contributed by atoms with Crippen molar-refractivity contribution in [1.82, 2.24) is 19.1 Å². The summed E-state index contributed by atoms with van der Waals surface area (Å²) < 4.78 is 4.00. The maximum atomic E-state index is 6.26. The number of aromatic nitrogens is 4. The lowest BCUT2D eigenvalue weighted by Crippen LogP contribution is -2.03. The van der Waals surface area contributed by atoms with E-state index >= 15 is 0 Å². The molecule has 0 aliphatic rings. The summed E-state index contributed by atoms with van der Waals surface area (Å²) >= 11 is 0. The van der Waals surface area contributed by atoms with Gasteiger partial charge < -0.3 is 14.9 Å². The Kier molecular flexibility index (Phi) is 3.25. The first-order chi connectivity index (χ1) is 10.1. The molecule has 0 unspecified atom stereocenters. The van der Waals surface area contributed by atoms with E-state index in [9.17, 15) is 0 Å². The molecule has 0 radical (unpaired) electrons. The van der Waals surface area contributed by atoms with E-state index in [0.717, 1.165) is 22.8 Å². The second-order valence-corrected chi connectivity index (χ2v) is 5.37. The standard InChI is InChI=1S/C16H19N5/c1-11(2)21-10-18-9-13(21)14-15(17)20(3)16(19-14)12-7-5-4-6-8-12/h4-11H,17H2,1-3H3. The topological polar surface area (TPSA) is 61.7 Å². The highest BCUT2D eigenvalue weighted by atomic mass is 15.2. The molecule has 2 aromatic heterocycles. The maximum absolute atomic E-state index is 6.26. The van der Waals surface area contributed by atoms with Crippen LogP contribution in [0, 0.1) is 0 Å². The number of rotatable bonds is 3. The third-order valence-electron chi connectivity index (χ3n) is 3.64. The average molecular weight is 281 g/mol. The second kappa shape index (κ2) is 5.09. The molecule has 21 heavy (non-hydrogen) atoms. The summed E-state index contributed by atoms with van der Waals surface area (Å²) in [6, 6.07) is 10.4. The van der Waals surface area contributed by atoms with Gasteiger partial charge in [-0.05, 0) is 13.8 Å². The van der Waals surface area contributed by atoms with Crippen molar-refractivity contribution < 1.29 is 0 Å². The molecule has 3 rings (SSSR count). The quantitative estimate of drug-likeness (QED) is 0.802. The van der Waals surface area contributed by atoms with Crippen LogP contribution in [-0.4, -0.2) is 19.1 Å². The number of anilines is 1. The van der Waals surface area contributed by atoms with Crippen molar-refractivity contribution in [3.63, 3.8) is 0 Å². The first-order valence-electron chi connectivity index (χ1n) is 6.99. The average Bonchev–Trinajstić information content (AvgIpc) is 3.07. The van der Waals surface area contributed by atoms with Gasteiger partial charge in [-0.1, -0.05) is 30.3 Å². The Bertz CT molecular complexity index is 752. The predicted molar refractivity (Wildman–Crippen MR) is 84.7 cm³/mol. The van der Waals surface area contributed by atoms with E-state index in [-0.39, 0.29) is 0 Å². The van der Waals surface area contributed by atoms with E-state index < -0.39 is 0 Å². The van der Waals surface area contributed by atoms with Crippen molar-refractivity contribution in [2.45, 2.75) is 19.9 Å². The summed E-state index contributed by atoms with van der Waals surface area (Å²) in [5.74, 6) is 1.51. The minimum atomic E-state index is 0.309. The van der Waals surface area contributed by atoms with Crippen molar-refractivity contribution in [2.75, 3.05) is 5.73 Å². The highest BCUT2D eigenvalue weighted by Gasteiger charge is 2.18. The molecular weight excluding hydrogens is 262 g/mol. The lowest BCUT2D eigenvalue weighted by atomic mass is 10.2. The third-order valence-corrected chi connectivity index (χ3v) is 3.64. The molecule has 5 nitrogen and oxygen atoms in total. The molecule has 0 saturated carbocycles. The molecule has 108 valence electrons. The number of nitrogens with two attached hydrogens (primary N) is 1. The van der Waals surface area contributed by atoms with E-state index in [1.54, 1.807) is 0 Å². The highest BCUT2D eigenvalue weighted by molar-refractivity contribution is 5.73. The van der Waals surface area contributed by atoms with Gasteiger partial charge in [0, 0.05) is 18.7 Å². The van der Waals surface area contributed by atoms with Crippen LogP contribution in [0.3, 0.4) is 0 Å². The van der Waals surface area contributed by atoms with Crippen LogP contribution in [0.1, 0.15) is 19.9 Å². The monoisotopic (exact) mass is 281 g/mol. The number of nitrogens with zero attached hydrogens (tertiary/aromatic N) is 4. The van der Waals surface area contributed by atoms with Gasteiger partial charge in [-0.3, -0.25) is 0 Å². The SMILES string of the molecule is CC(C)n1cncc1-c1nc(-c2ccccc2)n(C)c1N. The summed E-state index contributed by atoms with van der Waals surface area (Å²) in [7, 11) is 1.93. The molecule has 0 spiro atoms. The smallest absolute Gasteiger partial charge is 0.142 e. The summed E-state index contributed by atoms with van der Waals surface area (Å²) in [5.41, 5.74) is 9.03. The normalized spacial score (nSPS) is 11.2. The zero-order valence-electron chi connectivity index (χ0n) is 12.5. The van der Waals surface area contributed by atoms with Gasteiger partial charge >= 0.3 is 0 Å². The van der Waals surface area contributed by atoms with Gasteiger partial charge in [-0.15, -0.1) is 0 Å². The third kappa shape index (κ3) is 2.20. The fourth-order valence-corrected chi connectivity index (χ4v) is 2.44. The molecule has 0 saturated heterocycles. The Morgan fingerprint density at radius 1 is 1.14 bits per heavy atom. The van der Waals surface area contributed by atoms with Crippen LogP contribution in [0.4, 0.5) is 5.82 Å². The van der Waals surface area contributed by atoms with Crippen molar-refractivity contribution in [1.29, 1.82) is 0 Å². The van der Waals surface area contributed by atoms with Crippen LogP contribution in [0.25, 0.3) is 22.8 Å². The van der Waals surface area contributed by atoms with Gasteiger partial charge in [0.2, 0.25) is 0 Å². The Morgan fingerprint density at radius 3 is 2.52 bits per heavy atom. The zero-order valence-corrected chi connectivity index (χ0v) is 12.5. The number of benzene rings is 1. The van der Waals surface area contributed by atoms with Crippen LogP contribution < -0.4 is 5.73 Å². The molecule has 5 heteroatoms. The molecule has 2 heterocycles. The molecule has 0 amide bonds. The van der Waals surface area contributed by atoms with Crippen LogP contribution in [0.5, 0.6) is 0 Å². The zero-order chi connectivity index (χ0) is 15.0. The van der Waals surface area contributed by atoms with Gasteiger partial charge in [0.1, 0.15) is 17.3 Å². The van der Waals surface area contributed by atoms with Crippen LogP contribution in [-0.2, 0) is 7.05 Å². The molecule has 0 bridgehead atoms. The van der Waals surface area contributed by atoms with E-state index in [1.807, 2.05) is 54.5 Å². The van der Waals surface area contributed by atoms with E-state index in [0.29, 0.717) is 11.9 Å². The molecule has 0 aliphatic heterocycles. The van der Waals surface area contributed by atoms with E-state index in [1.165, 1.54) is 0 Å². The van der Waals surface area contributed by atoms with E-state index in [2.05, 4.69) is 23.4 Å². The largest absolute Gasteiger partial charge is 0.383 e. The van der Waals surface area contributed by atoms with Crippen molar-refractivity contribution in [3.8, 4) is 22.8 Å². The van der Waals surface area contributed by atoms with Crippen LogP contribution >= 0.6 is 0 Å². The predicted octanol–water partition coefficient (Wildman–Crippen LogP) is 3.11. The van der Waals surface area contributed by atoms with Gasteiger partial charge in [0.15, 0.2) is 0 Å². The number of nitrogen functional groups attached to an aromatic ring is 1. The Hall–Kier alpha value is -2.56. The molecule has 3 aromatic rings. The Morgan fingerprint density at radius 2 is 1.86 bits per heavy atom. The van der Waals surface area contributed by atoms with E-state index in [4.69, 9.17) is 10.7 Å². The molecule has 0 atom stereocenters. The van der Waals surface area contributed by atoms with Gasteiger partial charge in [-0.2, -0.15) is 0 Å². The first-order valence-corrected chi connectivity index (χ1v) is 6.99. The maximum Gasteiger partial charge on any atom is 0.142 e. The van der Waals surface area contributed by atoms with Gasteiger partial charge in [0.25, 0.3) is 0 Å². The highest BCUT2D eigenvalue weighted by Crippen LogP contribution is 2.31. The van der Waals surface area contributed by atoms with Crippen molar-refractivity contribution in [3.05, 3.63) is 42.9 Å². The molecular formula is C16H19N5. The lowest BCUT2D eigenvalue weighted by molar-refractivity contribution is 0.605. The summed E-state index contributed by atoms with van der Waals surface area (Å²) in [5, 5.41) is 0. The lowest BCUT2D eigenvalue weighted by Gasteiger charge is -2.10. The molecule has 2 N–H and O–H groups in total. The van der Waals surface area contributed by atoms with Crippen LogP contribution in [0.15, 0.2) is 42.9 Å². The number of hydrogen-bond donors (Lipinski definition) is 1. The van der Waals surface area contributed by atoms with Crippen molar-refractivity contribution >= 4 is 5.82 Å². The van der Waals surface area contributed by atoms with Gasteiger partial charge in [0.05, 0.1) is 18.2 Å². The van der Waals surface area contributed by atoms with Crippen LogP contribution in [0.2, 0.25) is 0 Å². The number of imidazole rings is 2.